The second kappa shape index (κ2) is 10.5. The number of thiophene rings is 1. The largest absolute Gasteiger partial charge is 0.465 e. The Morgan fingerprint density at radius 2 is 1.68 bits per heavy atom. The average Bonchev–Trinajstić information content (AvgIpc) is 3.36. The summed E-state index contributed by atoms with van der Waals surface area (Å²) in [5, 5.41) is 4.56. The van der Waals surface area contributed by atoms with Gasteiger partial charge in [-0.05, 0) is 32.1 Å². The molecule has 0 amide bonds. The van der Waals surface area contributed by atoms with Gasteiger partial charge in [-0.25, -0.2) is 4.79 Å². The Hall–Kier alpha value is -3.46. The van der Waals surface area contributed by atoms with Crippen molar-refractivity contribution in [1.82, 2.24) is 0 Å². The van der Waals surface area contributed by atoms with Gasteiger partial charge in [0.15, 0.2) is 0 Å². The van der Waals surface area contributed by atoms with Gasteiger partial charge in [-0.2, -0.15) is 0 Å². The highest BCUT2D eigenvalue weighted by atomic mass is 32.1. The molecule has 2 aromatic rings. The van der Waals surface area contributed by atoms with Gasteiger partial charge in [-0.3, -0.25) is 9.59 Å². The van der Waals surface area contributed by atoms with E-state index in [4.69, 9.17) is 14.3 Å². The van der Waals surface area contributed by atoms with Crippen LogP contribution in [0.4, 0.5) is 5.00 Å². The van der Waals surface area contributed by atoms with Crippen molar-refractivity contribution in [2.75, 3.05) is 31.2 Å². The lowest BCUT2D eigenvalue weighted by atomic mass is 10.0. The molecule has 0 fully saturated rings. The lowest BCUT2D eigenvalue weighted by Gasteiger charge is -2.20. The molecule has 0 saturated carbocycles. The van der Waals surface area contributed by atoms with Crippen LogP contribution >= 0.6 is 11.3 Å². The van der Waals surface area contributed by atoms with Gasteiger partial charge in [0, 0.05) is 10.4 Å². The molecule has 1 aromatic heterocycles. The highest BCUT2D eigenvalue weighted by Gasteiger charge is 2.27. The summed E-state index contributed by atoms with van der Waals surface area (Å²) in [6.07, 6.45) is 1.68. The highest BCUT2D eigenvalue weighted by molar-refractivity contribution is 7.17. The first-order chi connectivity index (χ1) is 15.0. The summed E-state index contributed by atoms with van der Waals surface area (Å²) in [6.45, 7) is 3.74. The van der Waals surface area contributed by atoms with E-state index < -0.39 is 17.9 Å². The van der Waals surface area contributed by atoms with Crippen molar-refractivity contribution in [3.63, 3.8) is 0 Å². The Balaban J connectivity index is 1.84. The van der Waals surface area contributed by atoms with E-state index in [0.717, 1.165) is 10.4 Å². The molecule has 8 nitrogen and oxygen atoms in total. The minimum atomic E-state index is -0.538. The van der Waals surface area contributed by atoms with Crippen LogP contribution in [0.5, 0.6) is 0 Å². The Kier molecular flexibility index (Phi) is 7.55. The molecule has 3 rings (SSSR count). The molecule has 0 N–H and O–H groups in total. The maximum atomic E-state index is 12.2. The first-order valence-electron chi connectivity index (χ1n) is 9.74. The van der Waals surface area contributed by atoms with E-state index in [1.165, 1.54) is 11.3 Å². The fraction of sp³-hybridized carbons (Fsp3) is 0.273. The van der Waals surface area contributed by atoms with Crippen LogP contribution in [0.2, 0.25) is 0 Å². The lowest BCUT2D eigenvalue weighted by Crippen LogP contribution is -2.35. The Bertz CT molecular complexity index is 992. The third kappa shape index (κ3) is 5.79. The monoisotopic (exact) mass is 442 g/mol. The smallest absolute Gasteiger partial charge is 0.368 e. The topological polar surface area (TPSA) is 94.5 Å². The number of hydrogen-bond donors (Lipinski definition) is 0. The molecule has 0 unspecified atom stereocenters. The summed E-state index contributed by atoms with van der Waals surface area (Å²) < 4.78 is 10.0. The number of oxime groups is 1. The first kappa shape index (κ1) is 22.2. The third-order valence-electron chi connectivity index (χ3n) is 4.20. The fourth-order valence-corrected chi connectivity index (χ4v) is 3.83. The van der Waals surface area contributed by atoms with Gasteiger partial charge in [0.25, 0.3) is 0 Å². The van der Waals surface area contributed by atoms with E-state index in [9.17, 15) is 14.4 Å². The summed E-state index contributed by atoms with van der Waals surface area (Å²) in [4.78, 5) is 43.4. The number of benzene rings is 1. The van der Waals surface area contributed by atoms with Crippen LogP contribution < -0.4 is 4.90 Å². The molecule has 0 atom stereocenters. The number of nitrogens with zero attached hydrogens (tertiary/aromatic N) is 2. The number of rotatable bonds is 9. The van der Waals surface area contributed by atoms with Crippen LogP contribution in [0.1, 0.15) is 24.3 Å². The van der Waals surface area contributed by atoms with Gasteiger partial charge in [-0.15, -0.1) is 11.3 Å². The van der Waals surface area contributed by atoms with Crippen molar-refractivity contribution < 1.29 is 28.7 Å². The van der Waals surface area contributed by atoms with E-state index in [0.29, 0.717) is 16.3 Å². The van der Waals surface area contributed by atoms with Crippen LogP contribution in [0.25, 0.3) is 6.08 Å². The molecule has 1 aromatic carbocycles. The van der Waals surface area contributed by atoms with Crippen LogP contribution in [0.3, 0.4) is 0 Å². The number of hydrogen-bond acceptors (Lipinski definition) is 9. The molecule has 0 saturated heterocycles. The molecule has 0 aliphatic carbocycles. The Labute approximate surface area is 183 Å². The molecular weight excluding hydrogens is 420 g/mol. The second-order valence-electron chi connectivity index (χ2n) is 6.38. The van der Waals surface area contributed by atoms with Crippen molar-refractivity contribution in [3.05, 3.63) is 58.5 Å². The molecular formula is C22H22N2O6S. The number of ether oxygens (including phenoxy) is 2. The van der Waals surface area contributed by atoms with Gasteiger partial charge >= 0.3 is 17.9 Å². The van der Waals surface area contributed by atoms with Gasteiger partial charge < -0.3 is 19.2 Å². The molecule has 162 valence electrons. The summed E-state index contributed by atoms with van der Waals surface area (Å²) >= 11 is 1.32. The van der Waals surface area contributed by atoms with Gasteiger partial charge in [0.2, 0.25) is 0 Å². The van der Waals surface area contributed by atoms with Gasteiger partial charge in [0.05, 0.1) is 23.8 Å². The third-order valence-corrected chi connectivity index (χ3v) is 5.30. The predicted octanol–water partition coefficient (Wildman–Crippen LogP) is 3.03. The average molecular weight is 442 g/mol. The number of carbonyl (C=O) groups is 3. The standard InChI is InChI=1S/C22H22N2O6S/c1-3-28-19(25)13-24(14-20(26)29-4-2)18-11-10-16(31-18)12-17-21(23-30-22(17)27)15-8-6-5-7-9-15/h5-12H,3-4,13-14H2,1-2H3. The highest BCUT2D eigenvalue weighted by Crippen LogP contribution is 2.30. The minimum absolute atomic E-state index is 0.0953. The molecule has 31 heavy (non-hydrogen) atoms. The predicted molar refractivity (Wildman–Crippen MR) is 117 cm³/mol. The van der Waals surface area contributed by atoms with Crippen LogP contribution in [-0.4, -0.2) is 49.9 Å². The zero-order valence-electron chi connectivity index (χ0n) is 17.2. The summed E-state index contributed by atoms with van der Waals surface area (Å²) in [5.41, 5.74) is 1.56. The molecule has 0 radical (unpaired) electrons. The molecule has 0 bridgehead atoms. The van der Waals surface area contributed by atoms with Crippen molar-refractivity contribution >= 4 is 46.0 Å². The Morgan fingerprint density at radius 1 is 1.03 bits per heavy atom. The van der Waals surface area contributed by atoms with Gasteiger partial charge in [-0.1, -0.05) is 35.5 Å². The summed E-state index contributed by atoms with van der Waals surface area (Å²) in [5.74, 6) is -1.43. The van der Waals surface area contributed by atoms with Crippen LogP contribution in [-0.2, 0) is 28.7 Å². The molecule has 1 aliphatic rings. The van der Waals surface area contributed by atoms with Crippen molar-refractivity contribution in [1.29, 1.82) is 0 Å². The van der Waals surface area contributed by atoms with Crippen molar-refractivity contribution in [2.45, 2.75) is 13.8 Å². The molecule has 9 heteroatoms. The Morgan fingerprint density at radius 3 is 2.29 bits per heavy atom. The maximum absolute atomic E-state index is 12.2. The molecule has 1 aliphatic heterocycles. The van der Waals surface area contributed by atoms with Gasteiger partial charge in [0.1, 0.15) is 18.8 Å². The fourth-order valence-electron chi connectivity index (χ4n) is 2.88. The second-order valence-corrected chi connectivity index (χ2v) is 7.48. The quantitative estimate of drug-likeness (QED) is 0.335. The number of carbonyl (C=O) groups excluding carboxylic acids is 3. The maximum Gasteiger partial charge on any atom is 0.368 e. The summed E-state index contributed by atoms with van der Waals surface area (Å²) in [7, 11) is 0. The molecule has 0 spiro atoms. The van der Waals surface area contributed by atoms with Crippen LogP contribution in [0, 0.1) is 0 Å². The first-order valence-corrected chi connectivity index (χ1v) is 10.6. The summed E-state index contributed by atoms with van der Waals surface area (Å²) in [6, 6.07) is 12.8. The minimum Gasteiger partial charge on any atom is -0.465 e. The van der Waals surface area contributed by atoms with E-state index in [2.05, 4.69) is 5.16 Å². The van der Waals surface area contributed by atoms with Crippen LogP contribution in [0.15, 0.2) is 53.2 Å². The van der Waals surface area contributed by atoms with E-state index in [1.807, 2.05) is 30.3 Å². The zero-order chi connectivity index (χ0) is 22.2. The molecule has 2 heterocycles. The number of esters is 2. The normalized spacial score (nSPS) is 14.2. The SMILES string of the molecule is CCOC(=O)CN(CC(=O)OCC)c1ccc(C=C2C(=O)ON=C2c2ccccc2)s1. The van der Waals surface area contributed by atoms with Crippen molar-refractivity contribution in [3.8, 4) is 0 Å². The number of anilines is 1. The zero-order valence-corrected chi connectivity index (χ0v) is 18.0. The van der Waals surface area contributed by atoms with Crippen molar-refractivity contribution in [2.24, 2.45) is 5.16 Å². The van der Waals surface area contributed by atoms with E-state index in [1.54, 1.807) is 37.0 Å². The lowest BCUT2D eigenvalue weighted by molar-refractivity contribution is -0.142. The van der Waals surface area contributed by atoms with E-state index >= 15 is 0 Å². The van der Waals surface area contributed by atoms with E-state index in [-0.39, 0.29) is 26.3 Å².